The van der Waals surface area contributed by atoms with Gasteiger partial charge in [0.2, 0.25) is 0 Å². The Hall–Kier alpha value is -0.910. The number of nitrogens with zero attached hydrogens (tertiary/aromatic N) is 1. The monoisotopic (exact) mass is 272 g/mol. The highest BCUT2D eigenvalue weighted by Crippen LogP contribution is 2.33. The zero-order valence-electron chi connectivity index (χ0n) is 9.40. The topological polar surface area (TPSA) is 56.8 Å². The summed E-state index contributed by atoms with van der Waals surface area (Å²) in [5, 5.41) is 1.23. The molecule has 0 aliphatic carbocycles. The van der Waals surface area contributed by atoms with Crippen LogP contribution in [0.15, 0.2) is 17.1 Å². The van der Waals surface area contributed by atoms with Gasteiger partial charge in [-0.05, 0) is 12.1 Å². The number of fused-ring (bicyclic) bond motifs is 1. The van der Waals surface area contributed by atoms with Crippen molar-refractivity contribution in [2.24, 2.45) is 10.7 Å². The number of benzene rings is 1. The van der Waals surface area contributed by atoms with Crippen LogP contribution >= 0.6 is 23.4 Å². The van der Waals surface area contributed by atoms with Gasteiger partial charge in [0.25, 0.3) is 0 Å². The maximum absolute atomic E-state index is 6.05. The standard InChI is InChI=1S/C11H13ClN2O2S/c1-14-11(13)17-5-8-3-9(12)2-7-4-15-6-16-10(7)8/h2-3H,4-6H2,1H3,(H2,13,14). The second kappa shape index (κ2) is 5.62. The summed E-state index contributed by atoms with van der Waals surface area (Å²) < 4.78 is 10.7. The Morgan fingerprint density at radius 1 is 1.59 bits per heavy atom. The number of ether oxygens (including phenoxy) is 2. The summed E-state index contributed by atoms with van der Waals surface area (Å²) in [6, 6.07) is 3.75. The second-order valence-electron chi connectivity index (χ2n) is 3.51. The summed E-state index contributed by atoms with van der Waals surface area (Å²) >= 11 is 7.51. The van der Waals surface area contributed by atoms with E-state index in [4.69, 9.17) is 26.8 Å². The number of halogens is 1. The van der Waals surface area contributed by atoms with Gasteiger partial charge in [-0.25, -0.2) is 0 Å². The average molecular weight is 273 g/mol. The van der Waals surface area contributed by atoms with Crippen molar-refractivity contribution in [1.82, 2.24) is 0 Å². The summed E-state index contributed by atoms with van der Waals surface area (Å²) in [5.74, 6) is 1.54. The predicted octanol–water partition coefficient (Wildman–Crippen LogP) is 2.38. The molecule has 2 rings (SSSR count). The average Bonchev–Trinajstić information content (AvgIpc) is 2.35. The van der Waals surface area contributed by atoms with E-state index >= 15 is 0 Å². The number of amidine groups is 1. The van der Waals surface area contributed by atoms with Gasteiger partial charge in [-0.3, -0.25) is 4.99 Å². The minimum Gasteiger partial charge on any atom is -0.467 e. The van der Waals surface area contributed by atoms with Crippen molar-refractivity contribution in [2.75, 3.05) is 13.8 Å². The van der Waals surface area contributed by atoms with Crippen molar-refractivity contribution in [3.05, 3.63) is 28.3 Å². The van der Waals surface area contributed by atoms with Gasteiger partial charge in [0, 0.05) is 29.0 Å². The van der Waals surface area contributed by atoms with Crippen LogP contribution in [-0.2, 0) is 17.1 Å². The van der Waals surface area contributed by atoms with E-state index in [0.29, 0.717) is 22.6 Å². The molecule has 92 valence electrons. The van der Waals surface area contributed by atoms with Gasteiger partial charge in [-0.2, -0.15) is 0 Å². The molecule has 0 spiro atoms. The number of hydrogen-bond donors (Lipinski definition) is 1. The Balaban J connectivity index is 2.23. The summed E-state index contributed by atoms with van der Waals surface area (Å²) in [6.45, 7) is 0.814. The van der Waals surface area contributed by atoms with E-state index in [1.165, 1.54) is 11.8 Å². The quantitative estimate of drug-likeness (QED) is 0.663. The van der Waals surface area contributed by atoms with Crippen molar-refractivity contribution in [3.8, 4) is 5.75 Å². The van der Waals surface area contributed by atoms with Crippen molar-refractivity contribution < 1.29 is 9.47 Å². The number of thioether (sulfide) groups is 1. The maximum Gasteiger partial charge on any atom is 0.189 e. The normalized spacial score (nSPS) is 15.3. The highest BCUT2D eigenvalue weighted by Gasteiger charge is 2.16. The molecule has 4 nitrogen and oxygen atoms in total. The predicted molar refractivity (Wildman–Crippen MR) is 70.6 cm³/mol. The van der Waals surface area contributed by atoms with Gasteiger partial charge in [0.15, 0.2) is 12.0 Å². The van der Waals surface area contributed by atoms with Crippen LogP contribution in [0.25, 0.3) is 0 Å². The second-order valence-corrected chi connectivity index (χ2v) is 4.95. The largest absolute Gasteiger partial charge is 0.467 e. The van der Waals surface area contributed by atoms with Crippen LogP contribution in [0.2, 0.25) is 5.02 Å². The summed E-state index contributed by atoms with van der Waals surface area (Å²) in [7, 11) is 1.67. The van der Waals surface area contributed by atoms with Gasteiger partial charge < -0.3 is 15.2 Å². The Morgan fingerprint density at radius 3 is 3.18 bits per heavy atom. The lowest BCUT2D eigenvalue weighted by molar-refractivity contribution is -0.0168. The lowest BCUT2D eigenvalue weighted by atomic mass is 10.1. The van der Waals surface area contributed by atoms with Crippen molar-refractivity contribution in [2.45, 2.75) is 12.4 Å². The first-order chi connectivity index (χ1) is 8.20. The molecule has 1 aromatic rings. The van der Waals surface area contributed by atoms with E-state index in [9.17, 15) is 0 Å². The van der Waals surface area contributed by atoms with E-state index in [2.05, 4.69) is 4.99 Å². The van der Waals surface area contributed by atoms with E-state index < -0.39 is 0 Å². The third kappa shape index (κ3) is 3.06. The lowest BCUT2D eigenvalue weighted by Crippen LogP contribution is -2.13. The van der Waals surface area contributed by atoms with Crippen LogP contribution in [0.4, 0.5) is 0 Å². The Morgan fingerprint density at radius 2 is 2.41 bits per heavy atom. The van der Waals surface area contributed by atoms with Crippen LogP contribution < -0.4 is 10.5 Å². The first-order valence-corrected chi connectivity index (χ1v) is 6.44. The summed E-state index contributed by atoms with van der Waals surface area (Å²) in [6.07, 6.45) is 0. The van der Waals surface area contributed by atoms with Crippen LogP contribution in [0.3, 0.4) is 0 Å². The summed E-state index contributed by atoms with van der Waals surface area (Å²) in [5.41, 5.74) is 7.65. The molecule has 0 amide bonds. The molecule has 1 aromatic carbocycles. The highest BCUT2D eigenvalue weighted by atomic mass is 35.5. The van der Waals surface area contributed by atoms with Crippen LogP contribution in [-0.4, -0.2) is 19.0 Å². The third-order valence-corrected chi connectivity index (χ3v) is 3.50. The van der Waals surface area contributed by atoms with Gasteiger partial charge in [0.1, 0.15) is 5.75 Å². The minimum atomic E-state index is 0.281. The molecule has 0 bridgehead atoms. The SMILES string of the molecule is CN=C(N)SCc1cc(Cl)cc2c1OCOC2. The highest BCUT2D eigenvalue weighted by molar-refractivity contribution is 8.13. The first kappa shape index (κ1) is 12.5. The molecule has 1 aliphatic heterocycles. The molecule has 0 fully saturated rings. The van der Waals surface area contributed by atoms with Crippen LogP contribution in [0.1, 0.15) is 11.1 Å². The summed E-state index contributed by atoms with van der Waals surface area (Å²) in [4.78, 5) is 3.90. The fourth-order valence-corrected chi connectivity index (χ4v) is 2.49. The van der Waals surface area contributed by atoms with Crippen LogP contribution in [0.5, 0.6) is 5.75 Å². The number of aliphatic imine (C=N–C) groups is 1. The number of hydrogen-bond acceptors (Lipinski definition) is 4. The molecular weight excluding hydrogens is 260 g/mol. The molecule has 0 atom stereocenters. The first-order valence-electron chi connectivity index (χ1n) is 5.07. The van der Waals surface area contributed by atoms with Gasteiger partial charge in [-0.1, -0.05) is 23.4 Å². The van der Waals surface area contributed by atoms with Crippen molar-refractivity contribution in [1.29, 1.82) is 0 Å². The molecule has 1 aliphatic rings. The Bertz CT molecular complexity index is 451. The number of nitrogens with two attached hydrogens (primary N) is 1. The van der Waals surface area contributed by atoms with Crippen LogP contribution in [0, 0.1) is 0 Å². The molecule has 0 saturated carbocycles. The molecule has 2 N–H and O–H groups in total. The minimum absolute atomic E-state index is 0.281. The van der Waals surface area contributed by atoms with E-state index in [1.807, 2.05) is 12.1 Å². The molecule has 0 unspecified atom stereocenters. The fraction of sp³-hybridized carbons (Fsp3) is 0.364. The molecule has 17 heavy (non-hydrogen) atoms. The zero-order chi connectivity index (χ0) is 12.3. The lowest BCUT2D eigenvalue weighted by Gasteiger charge is -2.20. The zero-order valence-corrected chi connectivity index (χ0v) is 11.0. The molecule has 0 aromatic heterocycles. The van der Waals surface area contributed by atoms with Gasteiger partial charge in [-0.15, -0.1) is 0 Å². The Labute approximate surface area is 109 Å². The molecule has 1 heterocycles. The molecule has 6 heteroatoms. The Kier molecular flexibility index (Phi) is 4.15. The van der Waals surface area contributed by atoms with Gasteiger partial charge >= 0.3 is 0 Å². The van der Waals surface area contributed by atoms with E-state index in [1.54, 1.807) is 7.05 Å². The molecule has 0 saturated heterocycles. The maximum atomic E-state index is 6.05. The fourth-order valence-electron chi connectivity index (χ4n) is 1.58. The third-order valence-electron chi connectivity index (χ3n) is 2.35. The van der Waals surface area contributed by atoms with E-state index in [0.717, 1.165) is 16.9 Å². The molecule has 0 radical (unpaired) electrons. The molecular formula is C11H13ClN2O2S. The van der Waals surface area contributed by atoms with Crippen molar-refractivity contribution in [3.63, 3.8) is 0 Å². The van der Waals surface area contributed by atoms with Gasteiger partial charge in [0.05, 0.1) is 6.61 Å². The van der Waals surface area contributed by atoms with Crippen molar-refractivity contribution >= 4 is 28.5 Å². The van der Waals surface area contributed by atoms with E-state index in [-0.39, 0.29) is 6.79 Å². The number of rotatable bonds is 2. The smallest absolute Gasteiger partial charge is 0.189 e.